The van der Waals surface area contributed by atoms with Gasteiger partial charge < -0.3 is 30.6 Å². The summed E-state index contributed by atoms with van der Waals surface area (Å²) < 4.78 is 0. The van der Waals surface area contributed by atoms with Crippen molar-refractivity contribution in [2.24, 2.45) is 0 Å². The molecule has 0 spiro atoms. The van der Waals surface area contributed by atoms with E-state index in [0.29, 0.717) is 0 Å². The Labute approximate surface area is 140 Å². The molecule has 0 heterocycles. The topological polar surface area (TPSA) is 132 Å². The van der Waals surface area contributed by atoms with Gasteiger partial charge in [0.1, 0.15) is 0 Å². The summed E-state index contributed by atoms with van der Waals surface area (Å²) >= 11 is 0. The zero-order valence-corrected chi connectivity index (χ0v) is 11.6. The molecule has 0 saturated carbocycles. The third-order valence-corrected chi connectivity index (χ3v) is 0. The monoisotopic (exact) mass is 202 g/mol. The summed E-state index contributed by atoms with van der Waals surface area (Å²) in [6.07, 6.45) is 0. The van der Waals surface area contributed by atoms with E-state index in [1.807, 2.05) is 0 Å². The minimum absolute atomic E-state index is 0. The summed E-state index contributed by atoms with van der Waals surface area (Å²) in [5.74, 6) is 0. The SMILES string of the molecule is O=[N+]([O-])[O-].O=[N+]([O-])[O-].[K+].[K+]. The van der Waals surface area contributed by atoms with E-state index in [0.717, 1.165) is 0 Å². The van der Waals surface area contributed by atoms with Gasteiger partial charge in [0.2, 0.25) is 0 Å². The largest absolute Gasteiger partial charge is 1.00 e. The van der Waals surface area contributed by atoms with Crippen LogP contribution in [0.5, 0.6) is 0 Å². The van der Waals surface area contributed by atoms with Gasteiger partial charge in [-0.25, -0.2) is 0 Å². The molecule has 0 unspecified atom stereocenters. The molecule has 0 radical (unpaired) electrons. The van der Waals surface area contributed by atoms with Gasteiger partial charge in [0, 0.05) is 0 Å². The molecule has 0 aliphatic carbocycles. The number of hydrogen-bond donors (Lipinski definition) is 0. The molecule has 0 N–H and O–H groups in total. The first-order valence-electron chi connectivity index (χ1n) is 1.10. The normalized spacial score (nSPS) is 4.80. The Bertz CT molecular complexity index is 71.7. The van der Waals surface area contributed by atoms with Gasteiger partial charge in [-0.2, -0.15) is 0 Å². The molecule has 0 fully saturated rings. The van der Waals surface area contributed by atoms with Crippen LogP contribution in [-0.4, -0.2) is 10.2 Å². The number of nitrogens with zero attached hydrogens (tertiary/aromatic N) is 2. The maximum atomic E-state index is 8.25. The molecule has 10 heteroatoms. The fraction of sp³-hybridized carbons (Fsp3) is 0. The fourth-order valence-electron chi connectivity index (χ4n) is 0. The van der Waals surface area contributed by atoms with Crippen molar-refractivity contribution in [3.63, 3.8) is 0 Å². The van der Waals surface area contributed by atoms with Crippen molar-refractivity contribution in [3.05, 3.63) is 30.6 Å². The Morgan fingerprint density at radius 3 is 0.700 bits per heavy atom. The van der Waals surface area contributed by atoms with E-state index in [1.54, 1.807) is 0 Å². The third kappa shape index (κ3) is 260. The molecular weight excluding hydrogens is 202 g/mol. The number of hydrogen-bond acceptors (Lipinski definition) is 6. The molecule has 8 nitrogen and oxygen atoms in total. The number of rotatable bonds is 0. The standard InChI is InChI=1S/2K.2NO3/c;;2*2-1(3)4/q2*+1;2*-1. The molecule has 0 amide bonds. The van der Waals surface area contributed by atoms with Crippen molar-refractivity contribution in [2.75, 3.05) is 0 Å². The zero-order valence-electron chi connectivity index (χ0n) is 5.34. The summed E-state index contributed by atoms with van der Waals surface area (Å²) in [7, 11) is 0. The van der Waals surface area contributed by atoms with E-state index >= 15 is 0 Å². The van der Waals surface area contributed by atoms with Crippen LogP contribution in [0.1, 0.15) is 0 Å². The Kier molecular flexibility index (Phi) is 38.3. The van der Waals surface area contributed by atoms with Gasteiger partial charge in [0.15, 0.2) is 0 Å². The van der Waals surface area contributed by atoms with Crippen LogP contribution in [0.15, 0.2) is 0 Å². The van der Waals surface area contributed by atoms with Crippen molar-refractivity contribution < 1.29 is 113 Å². The molecule has 48 valence electrons. The summed E-state index contributed by atoms with van der Waals surface area (Å²) in [6, 6.07) is 0. The van der Waals surface area contributed by atoms with E-state index in [2.05, 4.69) is 0 Å². The molecule has 0 aromatic rings. The molecule has 0 rings (SSSR count). The molecule has 0 aromatic heterocycles. The second-order valence-electron chi connectivity index (χ2n) is 0.447. The van der Waals surface area contributed by atoms with Gasteiger partial charge in [-0.15, -0.1) is 0 Å². The minimum atomic E-state index is -1.75. The van der Waals surface area contributed by atoms with Crippen LogP contribution in [0, 0.1) is 30.6 Å². The maximum Gasteiger partial charge on any atom is 1.00 e. The average Bonchev–Trinajstić information content (AvgIpc) is 1.25. The van der Waals surface area contributed by atoms with E-state index in [9.17, 15) is 0 Å². The van der Waals surface area contributed by atoms with Gasteiger partial charge in [0.25, 0.3) is 0 Å². The Hall–Kier alpha value is 1.67. The van der Waals surface area contributed by atoms with Crippen LogP contribution in [0.25, 0.3) is 0 Å². The summed E-state index contributed by atoms with van der Waals surface area (Å²) in [5.41, 5.74) is 0. The van der Waals surface area contributed by atoms with Crippen molar-refractivity contribution in [1.82, 2.24) is 0 Å². The van der Waals surface area contributed by atoms with Crippen molar-refractivity contribution in [1.29, 1.82) is 0 Å². The van der Waals surface area contributed by atoms with Gasteiger partial charge in [-0.05, 0) is 0 Å². The van der Waals surface area contributed by atoms with Crippen LogP contribution in [0.3, 0.4) is 0 Å². The maximum absolute atomic E-state index is 8.25. The predicted octanol–water partition coefficient (Wildman–Crippen LogP) is -6.47. The molecule has 0 aromatic carbocycles. The first-order chi connectivity index (χ1) is 3.46. The average molecular weight is 202 g/mol. The van der Waals surface area contributed by atoms with Gasteiger partial charge in [-0.1, -0.05) is 0 Å². The molecule has 0 aliphatic rings. The third-order valence-electron chi connectivity index (χ3n) is 0. The molecule has 0 aliphatic heterocycles. The molecule has 0 atom stereocenters. The van der Waals surface area contributed by atoms with E-state index < -0.39 is 10.2 Å². The minimum Gasteiger partial charge on any atom is -0.356 e. The van der Waals surface area contributed by atoms with E-state index in [-0.39, 0.29) is 103 Å². The molecule has 0 saturated heterocycles. The quantitative estimate of drug-likeness (QED) is 0.218. The first kappa shape index (κ1) is 22.6. The molecule has 0 bridgehead atoms. The Balaban J connectivity index is -0.0000000300. The summed E-state index contributed by atoms with van der Waals surface area (Å²) in [4.78, 5) is 16.5. The van der Waals surface area contributed by atoms with Crippen molar-refractivity contribution in [3.8, 4) is 0 Å². The van der Waals surface area contributed by atoms with E-state index in [1.165, 1.54) is 0 Å². The van der Waals surface area contributed by atoms with Crippen LogP contribution < -0.4 is 103 Å². The van der Waals surface area contributed by atoms with Gasteiger partial charge in [-0.3, -0.25) is 0 Å². The summed E-state index contributed by atoms with van der Waals surface area (Å²) in [6.45, 7) is 0. The Morgan fingerprint density at radius 2 is 0.700 bits per heavy atom. The molecule has 10 heavy (non-hydrogen) atoms. The van der Waals surface area contributed by atoms with Gasteiger partial charge >= 0.3 is 103 Å². The Morgan fingerprint density at radius 1 is 0.700 bits per heavy atom. The van der Waals surface area contributed by atoms with Crippen LogP contribution in [-0.2, 0) is 0 Å². The zero-order chi connectivity index (χ0) is 7.15. The second-order valence-corrected chi connectivity index (χ2v) is 0.447. The van der Waals surface area contributed by atoms with Gasteiger partial charge in [0.05, 0.1) is 10.2 Å². The van der Waals surface area contributed by atoms with Crippen molar-refractivity contribution in [2.45, 2.75) is 0 Å². The first-order valence-corrected chi connectivity index (χ1v) is 1.10. The van der Waals surface area contributed by atoms with Crippen molar-refractivity contribution >= 4 is 0 Å². The van der Waals surface area contributed by atoms with E-state index in [4.69, 9.17) is 30.6 Å². The smallest absolute Gasteiger partial charge is 0.356 e. The predicted molar refractivity (Wildman–Crippen MR) is 20.7 cm³/mol. The van der Waals surface area contributed by atoms with Crippen LogP contribution >= 0.6 is 0 Å². The van der Waals surface area contributed by atoms with Crippen LogP contribution in [0.4, 0.5) is 0 Å². The summed E-state index contributed by atoms with van der Waals surface area (Å²) in [5, 5.41) is 29.5. The second kappa shape index (κ2) is 17.0. The molecular formula is K2N2O6. The van der Waals surface area contributed by atoms with Crippen LogP contribution in [0.2, 0.25) is 0 Å². The fourth-order valence-corrected chi connectivity index (χ4v) is 0.